The summed E-state index contributed by atoms with van der Waals surface area (Å²) < 4.78 is 5.18. The monoisotopic (exact) mass is 488 g/mol. The van der Waals surface area contributed by atoms with Gasteiger partial charge in [0.15, 0.2) is 5.76 Å². The fourth-order valence-corrected chi connectivity index (χ4v) is 4.37. The number of carbonyl (C=O) groups is 3. The molecule has 4 rings (SSSR count). The Hall–Kier alpha value is -4.07. The number of aryl methyl sites for hydroxylation is 1. The second-order valence-electron chi connectivity index (χ2n) is 8.79. The Morgan fingerprint density at radius 3 is 2.25 bits per heavy atom. The first-order valence-corrected chi connectivity index (χ1v) is 12.3. The molecular weight excluding hydrogens is 456 g/mol. The summed E-state index contributed by atoms with van der Waals surface area (Å²) in [6.45, 7) is 9.37. The number of carbonyl (C=O) groups excluding carboxylic acids is 3. The lowest BCUT2D eigenvalue weighted by molar-refractivity contribution is 0.0740. The summed E-state index contributed by atoms with van der Waals surface area (Å²) in [5.74, 6) is -0.255. The van der Waals surface area contributed by atoms with E-state index in [1.54, 1.807) is 29.2 Å². The average molecular weight is 489 g/mol. The van der Waals surface area contributed by atoms with E-state index in [1.165, 1.54) is 6.26 Å². The molecule has 2 aromatic carbocycles. The van der Waals surface area contributed by atoms with Gasteiger partial charge in [0.2, 0.25) is 0 Å². The average Bonchev–Trinajstić information content (AvgIpc) is 3.45. The maximum Gasteiger partial charge on any atom is 0.291 e. The minimum Gasteiger partial charge on any atom is -0.459 e. The van der Waals surface area contributed by atoms with Crippen LogP contribution in [0.15, 0.2) is 65.3 Å². The van der Waals surface area contributed by atoms with E-state index in [-0.39, 0.29) is 23.5 Å². The molecule has 8 nitrogen and oxygen atoms in total. The highest BCUT2D eigenvalue weighted by Crippen LogP contribution is 2.28. The standard InChI is InChI=1S/C28H32N4O4/c1-4-30(5-2)28(35)23-19-22(29-26(33)25-7-6-18-36-25)12-13-24(23)31-14-16-32(17-15-31)27(34)21-10-8-20(3)9-11-21/h6-13,18-19H,4-5,14-17H2,1-3H3,(H,29,33). The van der Waals surface area contributed by atoms with Crippen LogP contribution in [0.25, 0.3) is 0 Å². The lowest BCUT2D eigenvalue weighted by Gasteiger charge is -2.37. The molecule has 0 saturated carbocycles. The van der Waals surface area contributed by atoms with Crippen molar-refractivity contribution in [1.82, 2.24) is 9.80 Å². The number of amides is 3. The third kappa shape index (κ3) is 5.43. The quantitative estimate of drug-likeness (QED) is 0.536. The largest absolute Gasteiger partial charge is 0.459 e. The molecule has 0 aliphatic carbocycles. The molecule has 1 N–H and O–H groups in total. The Kier molecular flexibility index (Phi) is 7.73. The van der Waals surface area contributed by atoms with Crippen LogP contribution >= 0.6 is 0 Å². The first kappa shape index (κ1) is 25.0. The highest BCUT2D eigenvalue weighted by molar-refractivity contribution is 6.05. The van der Waals surface area contributed by atoms with Crippen LogP contribution < -0.4 is 10.2 Å². The van der Waals surface area contributed by atoms with Gasteiger partial charge in [-0.3, -0.25) is 14.4 Å². The minimum absolute atomic E-state index is 0.0186. The Labute approximate surface area is 211 Å². The fourth-order valence-electron chi connectivity index (χ4n) is 4.37. The number of anilines is 2. The zero-order valence-electron chi connectivity index (χ0n) is 21.0. The van der Waals surface area contributed by atoms with E-state index in [0.29, 0.717) is 56.1 Å². The molecule has 36 heavy (non-hydrogen) atoms. The van der Waals surface area contributed by atoms with Gasteiger partial charge in [-0.2, -0.15) is 0 Å². The molecule has 0 bridgehead atoms. The summed E-state index contributed by atoms with van der Waals surface area (Å²) in [5.41, 5.74) is 3.64. The highest BCUT2D eigenvalue weighted by atomic mass is 16.3. The summed E-state index contributed by atoms with van der Waals surface area (Å²) in [5, 5.41) is 2.81. The SMILES string of the molecule is CCN(CC)C(=O)c1cc(NC(=O)c2ccco2)ccc1N1CCN(C(=O)c2ccc(C)cc2)CC1. The Balaban J connectivity index is 1.54. The molecule has 188 valence electrons. The number of piperazine rings is 1. The van der Waals surface area contributed by atoms with Gasteiger partial charge in [0.05, 0.1) is 11.8 Å². The van der Waals surface area contributed by atoms with Crippen LogP contribution in [0.1, 0.15) is 50.7 Å². The van der Waals surface area contributed by atoms with Crippen molar-refractivity contribution in [1.29, 1.82) is 0 Å². The molecule has 1 fully saturated rings. The van der Waals surface area contributed by atoms with E-state index in [0.717, 1.165) is 11.3 Å². The predicted octanol–water partition coefficient (Wildman–Crippen LogP) is 4.28. The topological polar surface area (TPSA) is 86.1 Å². The molecule has 3 amide bonds. The third-order valence-corrected chi connectivity index (χ3v) is 6.49. The van der Waals surface area contributed by atoms with Gasteiger partial charge in [0.25, 0.3) is 17.7 Å². The summed E-state index contributed by atoms with van der Waals surface area (Å²) in [6.07, 6.45) is 1.44. The molecule has 0 unspecified atom stereocenters. The molecule has 0 radical (unpaired) electrons. The van der Waals surface area contributed by atoms with Crippen molar-refractivity contribution in [2.75, 3.05) is 49.5 Å². The molecular formula is C28H32N4O4. The number of nitrogens with zero attached hydrogens (tertiary/aromatic N) is 3. The maximum absolute atomic E-state index is 13.4. The second-order valence-corrected chi connectivity index (χ2v) is 8.79. The van der Waals surface area contributed by atoms with Crippen LogP contribution in [-0.2, 0) is 0 Å². The zero-order chi connectivity index (χ0) is 25.7. The van der Waals surface area contributed by atoms with Crippen LogP contribution in [0.3, 0.4) is 0 Å². The fraction of sp³-hybridized carbons (Fsp3) is 0.321. The van der Waals surface area contributed by atoms with Gasteiger partial charge >= 0.3 is 0 Å². The number of hydrogen-bond acceptors (Lipinski definition) is 5. The molecule has 0 spiro atoms. The van der Waals surface area contributed by atoms with E-state index in [2.05, 4.69) is 10.2 Å². The van der Waals surface area contributed by atoms with E-state index in [4.69, 9.17) is 4.42 Å². The number of benzene rings is 2. The molecule has 2 heterocycles. The summed E-state index contributed by atoms with van der Waals surface area (Å²) in [7, 11) is 0. The third-order valence-electron chi connectivity index (χ3n) is 6.49. The van der Waals surface area contributed by atoms with Crippen molar-refractivity contribution < 1.29 is 18.8 Å². The van der Waals surface area contributed by atoms with E-state index in [9.17, 15) is 14.4 Å². The van der Waals surface area contributed by atoms with Gasteiger partial charge in [0.1, 0.15) is 0 Å². The van der Waals surface area contributed by atoms with Crippen molar-refractivity contribution in [2.45, 2.75) is 20.8 Å². The molecule has 0 atom stereocenters. The molecule has 1 aromatic heterocycles. The van der Waals surface area contributed by atoms with Crippen molar-refractivity contribution in [3.05, 3.63) is 83.3 Å². The van der Waals surface area contributed by atoms with Crippen molar-refractivity contribution in [2.24, 2.45) is 0 Å². The van der Waals surface area contributed by atoms with Gasteiger partial charge < -0.3 is 24.4 Å². The first-order valence-electron chi connectivity index (χ1n) is 12.3. The van der Waals surface area contributed by atoms with E-state index < -0.39 is 0 Å². The van der Waals surface area contributed by atoms with Crippen molar-refractivity contribution in [3.63, 3.8) is 0 Å². The van der Waals surface area contributed by atoms with Gasteiger partial charge in [-0.15, -0.1) is 0 Å². The number of nitrogens with one attached hydrogen (secondary N) is 1. The minimum atomic E-state index is -0.378. The van der Waals surface area contributed by atoms with E-state index >= 15 is 0 Å². The van der Waals surface area contributed by atoms with Crippen LogP contribution in [0.4, 0.5) is 11.4 Å². The number of furan rings is 1. The molecule has 3 aromatic rings. The molecule has 1 aliphatic rings. The normalized spacial score (nSPS) is 13.4. The lowest BCUT2D eigenvalue weighted by Crippen LogP contribution is -2.49. The van der Waals surface area contributed by atoms with Gasteiger partial charge in [0, 0.05) is 56.2 Å². The van der Waals surface area contributed by atoms with Crippen molar-refractivity contribution in [3.8, 4) is 0 Å². The van der Waals surface area contributed by atoms with Crippen molar-refractivity contribution >= 4 is 29.1 Å². The zero-order valence-corrected chi connectivity index (χ0v) is 21.0. The predicted molar refractivity (Wildman–Crippen MR) is 140 cm³/mol. The van der Waals surface area contributed by atoms with Gasteiger partial charge in [-0.05, 0) is 63.2 Å². The first-order chi connectivity index (χ1) is 17.4. The Morgan fingerprint density at radius 2 is 1.64 bits per heavy atom. The van der Waals surface area contributed by atoms with E-state index in [1.807, 2.05) is 56.0 Å². The molecule has 1 aliphatic heterocycles. The lowest BCUT2D eigenvalue weighted by atomic mass is 10.1. The second kappa shape index (κ2) is 11.1. The number of rotatable bonds is 7. The summed E-state index contributed by atoms with van der Waals surface area (Å²) in [6, 6.07) is 16.2. The Morgan fingerprint density at radius 1 is 0.944 bits per heavy atom. The maximum atomic E-state index is 13.4. The summed E-state index contributed by atoms with van der Waals surface area (Å²) >= 11 is 0. The summed E-state index contributed by atoms with van der Waals surface area (Å²) in [4.78, 5) is 44.6. The van der Waals surface area contributed by atoms with Crippen LogP contribution in [-0.4, -0.2) is 66.8 Å². The highest BCUT2D eigenvalue weighted by Gasteiger charge is 2.26. The van der Waals surface area contributed by atoms with Crippen LogP contribution in [0.2, 0.25) is 0 Å². The Bertz CT molecular complexity index is 1210. The van der Waals surface area contributed by atoms with Crippen LogP contribution in [0.5, 0.6) is 0 Å². The molecule has 1 saturated heterocycles. The number of hydrogen-bond donors (Lipinski definition) is 1. The van der Waals surface area contributed by atoms with Crippen LogP contribution in [0, 0.1) is 6.92 Å². The molecule has 8 heteroatoms. The smallest absolute Gasteiger partial charge is 0.291 e. The van der Waals surface area contributed by atoms with Gasteiger partial charge in [-0.1, -0.05) is 17.7 Å². The van der Waals surface area contributed by atoms with Gasteiger partial charge in [-0.25, -0.2) is 0 Å².